The van der Waals surface area contributed by atoms with Gasteiger partial charge < -0.3 is 5.11 Å². The molecule has 1 N–H and O–H groups in total. The van der Waals surface area contributed by atoms with Gasteiger partial charge in [-0.3, -0.25) is 0 Å². The third kappa shape index (κ3) is 4.45. The number of allylic oxidation sites excluding steroid dienone is 2. The van der Waals surface area contributed by atoms with Gasteiger partial charge in [-0.1, -0.05) is 53.2 Å². The topological polar surface area (TPSA) is 20.2 Å². The van der Waals surface area contributed by atoms with E-state index in [-0.39, 0.29) is 6.10 Å². The van der Waals surface area contributed by atoms with E-state index < -0.39 is 0 Å². The van der Waals surface area contributed by atoms with E-state index >= 15 is 0 Å². The fraction of sp³-hybridized carbons (Fsp3) is 0.913. The van der Waals surface area contributed by atoms with E-state index in [4.69, 9.17) is 0 Å². The highest BCUT2D eigenvalue weighted by molar-refractivity contribution is 5.07. The first-order valence-corrected chi connectivity index (χ1v) is 10.5. The van der Waals surface area contributed by atoms with Gasteiger partial charge in [0.25, 0.3) is 0 Å². The molecule has 2 aliphatic rings. The lowest BCUT2D eigenvalue weighted by Gasteiger charge is -2.39. The van der Waals surface area contributed by atoms with Crippen LogP contribution >= 0.6 is 0 Å². The predicted octanol–water partition coefficient (Wildman–Crippen LogP) is 6.46. The Morgan fingerprint density at radius 1 is 1.21 bits per heavy atom. The first-order chi connectivity index (χ1) is 11.1. The van der Waals surface area contributed by atoms with Crippen molar-refractivity contribution in [2.24, 2.45) is 40.9 Å². The second kappa shape index (κ2) is 7.94. The lowest BCUT2D eigenvalue weighted by molar-refractivity contribution is 0.0132. The molecule has 1 nitrogen and oxygen atoms in total. The van der Waals surface area contributed by atoms with Gasteiger partial charge in [-0.2, -0.15) is 0 Å². The standard InChI is InChI=1S/C23H42O/c1-15(2)12-20-10-11-23(7,19(20)6)14-22(24)18(5)21-9-8-16(3)13-17(21)4/h13,15,17-22,24H,8-12,14H2,1-7H3/t17-,18?,19?,20?,21?,22?,23?/m1/s1. The zero-order chi connectivity index (χ0) is 18.1. The molecule has 0 aromatic carbocycles. The van der Waals surface area contributed by atoms with Gasteiger partial charge >= 0.3 is 0 Å². The fourth-order valence-electron chi connectivity index (χ4n) is 5.78. The van der Waals surface area contributed by atoms with Crippen molar-refractivity contribution in [1.29, 1.82) is 0 Å². The summed E-state index contributed by atoms with van der Waals surface area (Å²) in [5.74, 6) is 4.07. The van der Waals surface area contributed by atoms with Crippen LogP contribution in [0.25, 0.3) is 0 Å². The van der Waals surface area contributed by atoms with Crippen molar-refractivity contribution in [2.75, 3.05) is 0 Å². The fourth-order valence-corrected chi connectivity index (χ4v) is 5.78. The van der Waals surface area contributed by atoms with Crippen molar-refractivity contribution >= 4 is 0 Å². The average Bonchev–Trinajstić information content (AvgIpc) is 2.74. The number of aliphatic hydroxyl groups excluding tert-OH is 1. The minimum atomic E-state index is -0.144. The van der Waals surface area contributed by atoms with Crippen LogP contribution in [-0.2, 0) is 0 Å². The normalized spacial score (nSPS) is 39.8. The molecule has 24 heavy (non-hydrogen) atoms. The predicted molar refractivity (Wildman–Crippen MR) is 105 cm³/mol. The van der Waals surface area contributed by atoms with Crippen LogP contribution in [0.5, 0.6) is 0 Å². The van der Waals surface area contributed by atoms with Crippen molar-refractivity contribution in [3.63, 3.8) is 0 Å². The lowest BCUT2D eigenvalue weighted by Crippen LogP contribution is -2.36. The molecule has 140 valence electrons. The summed E-state index contributed by atoms with van der Waals surface area (Å²) in [4.78, 5) is 0. The molecule has 1 fully saturated rings. The van der Waals surface area contributed by atoms with Gasteiger partial charge in [0.15, 0.2) is 0 Å². The summed E-state index contributed by atoms with van der Waals surface area (Å²) < 4.78 is 0. The molecular formula is C23H42O. The van der Waals surface area contributed by atoms with Gasteiger partial charge in [0.1, 0.15) is 0 Å². The number of aliphatic hydroxyl groups is 1. The molecule has 6 unspecified atom stereocenters. The van der Waals surface area contributed by atoms with Crippen molar-refractivity contribution in [1.82, 2.24) is 0 Å². The Labute approximate surface area is 151 Å². The Morgan fingerprint density at radius 3 is 2.46 bits per heavy atom. The van der Waals surface area contributed by atoms with Gasteiger partial charge in [-0.25, -0.2) is 0 Å². The van der Waals surface area contributed by atoms with E-state index in [1.807, 2.05) is 0 Å². The Morgan fingerprint density at radius 2 is 1.88 bits per heavy atom. The minimum Gasteiger partial charge on any atom is -0.393 e. The third-order valence-electron chi connectivity index (χ3n) is 7.72. The molecule has 2 aliphatic carbocycles. The molecule has 1 heteroatoms. The van der Waals surface area contributed by atoms with Crippen LogP contribution < -0.4 is 0 Å². The largest absolute Gasteiger partial charge is 0.393 e. The molecular weight excluding hydrogens is 292 g/mol. The summed E-state index contributed by atoms with van der Waals surface area (Å²) in [6.45, 7) is 16.5. The molecule has 0 aromatic heterocycles. The zero-order valence-electron chi connectivity index (χ0n) is 17.3. The number of hydrogen-bond acceptors (Lipinski definition) is 1. The first-order valence-electron chi connectivity index (χ1n) is 10.5. The second-order valence-corrected chi connectivity index (χ2v) is 10.1. The maximum Gasteiger partial charge on any atom is 0.0573 e. The third-order valence-corrected chi connectivity index (χ3v) is 7.72. The SMILES string of the molecule is CC1=C[C@@H](C)C(C(C)C(O)CC2(C)CCC(CC(C)C)C2C)CC1. The number of hydrogen-bond donors (Lipinski definition) is 1. The van der Waals surface area contributed by atoms with Crippen LogP contribution in [0.4, 0.5) is 0 Å². The Balaban J connectivity index is 1.97. The van der Waals surface area contributed by atoms with Crippen LogP contribution in [0.2, 0.25) is 0 Å². The minimum absolute atomic E-state index is 0.144. The van der Waals surface area contributed by atoms with Crippen LogP contribution in [0.15, 0.2) is 11.6 Å². The molecule has 7 atom stereocenters. The van der Waals surface area contributed by atoms with Crippen molar-refractivity contribution < 1.29 is 5.11 Å². The molecule has 0 spiro atoms. The van der Waals surface area contributed by atoms with E-state index in [0.29, 0.717) is 23.2 Å². The maximum atomic E-state index is 11.0. The zero-order valence-corrected chi connectivity index (χ0v) is 17.3. The summed E-state index contributed by atoms with van der Waals surface area (Å²) in [7, 11) is 0. The average molecular weight is 335 g/mol. The molecule has 0 aromatic rings. The molecule has 2 rings (SSSR count). The van der Waals surface area contributed by atoms with Gasteiger partial charge in [-0.05, 0) is 86.4 Å². The Hall–Kier alpha value is -0.300. The monoisotopic (exact) mass is 334 g/mol. The van der Waals surface area contributed by atoms with Gasteiger partial charge in [0, 0.05) is 0 Å². The van der Waals surface area contributed by atoms with Gasteiger partial charge in [0.2, 0.25) is 0 Å². The summed E-state index contributed by atoms with van der Waals surface area (Å²) in [5, 5.41) is 11.0. The molecule has 0 amide bonds. The maximum absolute atomic E-state index is 11.0. The molecule has 0 bridgehead atoms. The lowest BCUT2D eigenvalue weighted by atomic mass is 9.68. The van der Waals surface area contributed by atoms with E-state index in [0.717, 1.165) is 24.2 Å². The smallest absolute Gasteiger partial charge is 0.0573 e. The van der Waals surface area contributed by atoms with Crippen LogP contribution in [0, 0.1) is 40.9 Å². The Bertz CT molecular complexity index is 437. The van der Waals surface area contributed by atoms with Gasteiger partial charge in [0.05, 0.1) is 6.10 Å². The second-order valence-electron chi connectivity index (χ2n) is 10.1. The summed E-state index contributed by atoms with van der Waals surface area (Å²) in [6.07, 6.45) is 9.78. The molecule has 0 aliphatic heterocycles. The molecule has 0 radical (unpaired) electrons. The van der Waals surface area contributed by atoms with Crippen molar-refractivity contribution in [3.8, 4) is 0 Å². The quantitative estimate of drug-likeness (QED) is 0.552. The van der Waals surface area contributed by atoms with Crippen molar-refractivity contribution in [2.45, 2.75) is 93.1 Å². The van der Waals surface area contributed by atoms with E-state index in [2.05, 4.69) is 54.5 Å². The molecule has 1 saturated carbocycles. The van der Waals surface area contributed by atoms with E-state index in [1.54, 1.807) is 0 Å². The molecule has 0 saturated heterocycles. The number of rotatable bonds is 6. The Kier molecular flexibility index (Phi) is 6.62. The van der Waals surface area contributed by atoms with Crippen LogP contribution in [0.3, 0.4) is 0 Å². The highest BCUT2D eigenvalue weighted by atomic mass is 16.3. The van der Waals surface area contributed by atoms with Crippen LogP contribution in [-0.4, -0.2) is 11.2 Å². The summed E-state index contributed by atoms with van der Waals surface area (Å²) in [5.41, 5.74) is 1.87. The highest BCUT2D eigenvalue weighted by Crippen LogP contribution is 2.52. The molecule has 0 heterocycles. The first kappa shape index (κ1) is 20.0. The van der Waals surface area contributed by atoms with Gasteiger partial charge in [-0.15, -0.1) is 0 Å². The van der Waals surface area contributed by atoms with E-state index in [9.17, 15) is 5.11 Å². The highest BCUT2D eigenvalue weighted by Gasteiger charge is 2.44. The van der Waals surface area contributed by atoms with Crippen molar-refractivity contribution in [3.05, 3.63) is 11.6 Å². The van der Waals surface area contributed by atoms with Crippen LogP contribution in [0.1, 0.15) is 87.0 Å². The van der Waals surface area contributed by atoms with E-state index in [1.165, 1.54) is 37.7 Å². The summed E-state index contributed by atoms with van der Waals surface area (Å²) in [6, 6.07) is 0. The summed E-state index contributed by atoms with van der Waals surface area (Å²) >= 11 is 0.